The molecule has 0 amide bonds. The first-order valence-electron chi connectivity index (χ1n) is 9.37. The second-order valence-corrected chi connectivity index (χ2v) is 7.40. The van der Waals surface area contributed by atoms with E-state index in [1.807, 2.05) is 55.6 Å². The van der Waals surface area contributed by atoms with Crippen LogP contribution in [0, 0.1) is 18.3 Å². The van der Waals surface area contributed by atoms with Gasteiger partial charge in [-0.3, -0.25) is 0 Å². The molecule has 5 heteroatoms. The molecular weight excluding hydrogens is 368 g/mol. The van der Waals surface area contributed by atoms with Gasteiger partial charge in [0.2, 0.25) is 0 Å². The Morgan fingerprint density at radius 1 is 0.929 bits per heavy atom. The van der Waals surface area contributed by atoms with Gasteiger partial charge in [-0.05, 0) is 60.0 Å². The molecule has 1 fully saturated rings. The van der Waals surface area contributed by atoms with Crippen molar-refractivity contribution in [2.24, 2.45) is 0 Å². The molecule has 28 heavy (non-hydrogen) atoms. The summed E-state index contributed by atoms with van der Waals surface area (Å²) in [5.74, 6) is 1.01. The molecule has 1 saturated heterocycles. The Balaban J connectivity index is 1.62. The molecule has 0 bridgehead atoms. The second-order valence-electron chi connectivity index (χ2n) is 6.97. The van der Waals surface area contributed by atoms with Crippen molar-refractivity contribution in [2.75, 3.05) is 36.0 Å². The van der Waals surface area contributed by atoms with E-state index in [0.29, 0.717) is 0 Å². The van der Waals surface area contributed by atoms with Gasteiger partial charge in [0.1, 0.15) is 11.9 Å². The van der Waals surface area contributed by atoms with Gasteiger partial charge in [-0.2, -0.15) is 5.26 Å². The molecule has 2 aromatic carbocycles. The number of aromatic nitrogens is 1. The van der Waals surface area contributed by atoms with Crippen LogP contribution in [0.3, 0.4) is 0 Å². The first-order valence-corrected chi connectivity index (χ1v) is 9.75. The van der Waals surface area contributed by atoms with Gasteiger partial charge in [0.05, 0.1) is 11.3 Å². The summed E-state index contributed by atoms with van der Waals surface area (Å²) in [6.07, 6.45) is 1.83. The number of anilines is 2. The van der Waals surface area contributed by atoms with E-state index in [9.17, 15) is 5.26 Å². The molecule has 0 N–H and O–H groups in total. The van der Waals surface area contributed by atoms with E-state index < -0.39 is 0 Å². The van der Waals surface area contributed by atoms with Crippen LogP contribution in [0.2, 0.25) is 5.02 Å². The van der Waals surface area contributed by atoms with E-state index in [1.54, 1.807) is 0 Å². The number of halogens is 1. The third-order valence-corrected chi connectivity index (χ3v) is 5.45. The van der Waals surface area contributed by atoms with Gasteiger partial charge in [-0.25, -0.2) is 4.98 Å². The lowest BCUT2D eigenvalue weighted by Gasteiger charge is -2.37. The quantitative estimate of drug-likeness (QED) is 0.639. The molecule has 1 aliphatic heterocycles. The molecule has 0 atom stereocenters. The standard InChI is InChI=1S/C23H21ClN4/c1-17-14-19(18-5-7-20(24)8-6-18)15-22(21(17)16-25)27-10-12-28(13-11-27)23-4-2-3-9-26-23/h2-9,14-15H,10-13H2,1H3. The predicted molar refractivity (Wildman–Crippen MR) is 115 cm³/mol. The van der Waals surface area contributed by atoms with Crippen LogP contribution in [0.15, 0.2) is 60.8 Å². The maximum Gasteiger partial charge on any atom is 0.128 e. The highest BCUT2D eigenvalue weighted by molar-refractivity contribution is 6.30. The Kier molecular flexibility index (Phi) is 5.18. The molecule has 2 heterocycles. The number of nitrogens with zero attached hydrogens (tertiary/aromatic N) is 4. The van der Waals surface area contributed by atoms with Gasteiger partial charge < -0.3 is 9.80 Å². The number of hydrogen-bond donors (Lipinski definition) is 0. The molecule has 3 aromatic rings. The lowest BCUT2D eigenvalue weighted by molar-refractivity contribution is 0.647. The van der Waals surface area contributed by atoms with Crippen molar-refractivity contribution in [1.82, 2.24) is 4.98 Å². The van der Waals surface area contributed by atoms with Crippen LogP contribution in [0.4, 0.5) is 11.5 Å². The van der Waals surface area contributed by atoms with Crippen molar-refractivity contribution >= 4 is 23.1 Å². The zero-order chi connectivity index (χ0) is 19.5. The monoisotopic (exact) mass is 388 g/mol. The summed E-state index contributed by atoms with van der Waals surface area (Å²) in [5.41, 5.74) is 4.97. The van der Waals surface area contributed by atoms with E-state index in [1.165, 1.54) is 0 Å². The summed E-state index contributed by atoms with van der Waals surface area (Å²) < 4.78 is 0. The zero-order valence-corrected chi connectivity index (χ0v) is 16.5. The SMILES string of the molecule is Cc1cc(-c2ccc(Cl)cc2)cc(N2CCN(c3ccccn3)CC2)c1C#N. The largest absolute Gasteiger partial charge is 0.367 e. The van der Waals surface area contributed by atoms with Crippen LogP contribution >= 0.6 is 11.6 Å². The fourth-order valence-corrected chi connectivity index (χ4v) is 3.82. The van der Waals surface area contributed by atoms with Crippen molar-refractivity contribution in [2.45, 2.75) is 6.92 Å². The fourth-order valence-electron chi connectivity index (χ4n) is 3.69. The van der Waals surface area contributed by atoms with Gasteiger partial charge in [-0.15, -0.1) is 0 Å². The van der Waals surface area contributed by atoms with E-state index in [4.69, 9.17) is 11.6 Å². The van der Waals surface area contributed by atoms with Crippen LogP contribution < -0.4 is 9.80 Å². The average molecular weight is 389 g/mol. The fraction of sp³-hybridized carbons (Fsp3) is 0.217. The first-order chi connectivity index (χ1) is 13.7. The molecule has 4 nitrogen and oxygen atoms in total. The Bertz CT molecular complexity index is 1000. The Labute approximate surface area is 170 Å². The summed E-state index contributed by atoms with van der Waals surface area (Å²) in [7, 11) is 0. The lowest BCUT2D eigenvalue weighted by atomic mass is 9.97. The highest BCUT2D eigenvalue weighted by atomic mass is 35.5. The van der Waals surface area contributed by atoms with Gasteiger partial charge in [0.15, 0.2) is 0 Å². The summed E-state index contributed by atoms with van der Waals surface area (Å²) >= 11 is 6.03. The van der Waals surface area contributed by atoms with Crippen LogP contribution in [0.25, 0.3) is 11.1 Å². The van der Waals surface area contributed by atoms with Gasteiger partial charge in [0, 0.05) is 37.4 Å². The van der Waals surface area contributed by atoms with E-state index in [0.717, 1.165) is 65.0 Å². The maximum atomic E-state index is 9.74. The van der Waals surface area contributed by atoms with Crippen molar-refractivity contribution in [3.63, 3.8) is 0 Å². The molecule has 0 radical (unpaired) electrons. The molecule has 0 saturated carbocycles. The summed E-state index contributed by atoms with van der Waals surface area (Å²) in [6.45, 7) is 5.48. The second kappa shape index (κ2) is 7.92. The van der Waals surface area contributed by atoms with E-state index in [2.05, 4.69) is 33.0 Å². The molecule has 1 aromatic heterocycles. The predicted octanol–water partition coefficient (Wildman–Crippen LogP) is 4.91. The number of piperazine rings is 1. The van der Waals surface area contributed by atoms with Crippen molar-refractivity contribution in [3.8, 4) is 17.2 Å². The number of aryl methyl sites for hydroxylation is 1. The smallest absolute Gasteiger partial charge is 0.128 e. The minimum Gasteiger partial charge on any atom is -0.367 e. The topological polar surface area (TPSA) is 43.2 Å². The molecule has 140 valence electrons. The third-order valence-electron chi connectivity index (χ3n) is 5.20. The molecule has 0 aliphatic carbocycles. The minimum absolute atomic E-state index is 0.722. The highest BCUT2D eigenvalue weighted by Crippen LogP contribution is 2.32. The average Bonchev–Trinajstić information content (AvgIpc) is 2.74. The molecule has 1 aliphatic rings. The number of nitriles is 1. The van der Waals surface area contributed by atoms with Crippen molar-refractivity contribution < 1.29 is 0 Å². The highest BCUT2D eigenvalue weighted by Gasteiger charge is 2.21. The van der Waals surface area contributed by atoms with Crippen LogP contribution in [0.1, 0.15) is 11.1 Å². The van der Waals surface area contributed by atoms with Gasteiger partial charge >= 0.3 is 0 Å². The summed E-state index contributed by atoms with van der Waals surface area (Å²) in [5, 5.41) is 10.5. The first kappa shape index (κ1) is 18.3. The molecular formula is C23H21ClN4. The Morgan fingerprint density at radius 3 is 2.29 bits per heavy atom. The van der Waals surface area contributed by atoms with Gasteiger partial charge in [0.25, 0.3) is 0 Å². The molecule has 4 rings (SSSR count). The van der Waals surface area contributed by atoms with Crippen LogP contribution in [-0.2, 0) is 0 Å². The van der Waals surface area contributed by atoms with Crippen LogP contribution in [0.5, 0.6) is 0 Å². The zero-order valence-electron chi connectivity index (χ0n) is 15.8. The number of benzene rings is 2. The van der Waals surface area contributed by atoms with Crippen LogP contribution in [-0.4, -0.2) is 31.2 Å². The minimum atomic E-state index is 0.722. The van der Waals surface area contributed by atoms with E-state index >= 15 is 0 Å². The Hall–Kier alpha value is -3.03. The third kappa shape index (κ3) is 3.67. The maximum absolute atomic E-state index is 9.74. The summed E-state index contributed by atoms with van der Waals surface area (Å²) in [4.78, 5) is 9.05. The van der Waals surface area contributed by atoms with Crippen molar-refractivity contribution in [3.05, 3.63) is 76.9 Å². The number of hydrogen-bond acceptors (Lipinski definition) is 4. The number of pyridine rings is 1. The molecule has 0 spiro atoms. The van der Waals surface area contributed by atoms with E-state index in [-0.39, 0.29) is 0 Å². The lowest BCUT2D eigenvalue weighted by Crippen LogP contribution is -2.47. The molecule has 0 unspecified atom stereocenters. The summed E-state index contributed by atoms with van der Waals surface area (Å²) in [6, 6.07) is 20.4. The normalized spacial score (nSPS) is 14.0. The van der Waals surface area contributed by atoms with Gasteiger partial charge in [-0.1, -0.05) is 29.8 Å². The van der Waals surface area contributed by atoms with Crippen molar-refractivity contribution in [1.29, 1.82) is 5.26 Å². The Morgan fingerprint density at radius 2 is 1.64 bits per heavy atom. The number of rotatable bonds is 3.